The molecule has 0 saturated carbocycles. The van der Waals surface area contributed by atoms with Crippen molar-refractivity contribution in [2.75, 3.05) is 51.3 Å². The average molecular weight is 400 g/mol. The van der Waals surface area contributed by atoms with E-state index in [9.17, 15) is 23.3 Å². The Morgan fingerprint density at radius 1 is 1.37 bits per heavy atom. The van der Waals surface area contributed by atoms with Crippen molar-refractivity contribution in [2.24, 2.45) is 0 Å². The molecule has 1 amide bonds. The number of rotatable bonds is 8. The number of carbonyl (C=O) groups excluding carboxylic acids is 1. The van der Waals surface area contributed by atoms with Gasteiger partial charge in [-0.05, 0) is 18.6 Å². The van der Waals surface area contributed by atoms with Gasteiger partial charge in [-0.15, -0.1) is 0 Å². The molecule has 1 aliphatic heterocycles. The molecule has 0 atom stereocenters. The normalized spacial score (nSPS) is 15.3. The zero-order chi connectivity index (χ0) is 20.0. The summed E-state index contributed by atoms with van der Waals surface area (Å²) in [6.07, 6.45) is 0.781. The summed E-state index contributed by atoms with van der Waals surface area (Å²) < 4.78 is 31.8. The lowest BCUT2D eigenvalue weighted by Crippen LogP contribution is -2.40. The van der Waals surface area contributed by atoms with Crippen LogP contribution in [0, 0.1) is 10.1 Å². The van der Waals surface area contributed by atoms with Gasteiger partial charge in [0.25, 0.3) is 5.69 Å². The molecule has 0 unspecified atom stereocenters. The van der Waals surface area contributed by atoms with Gasteiger partial charge in [-0.25, -0.2) is 8.42 Å². The van der Waals surface area contributed by atoms with Gasteiger partial charge in [-0.3, -0.25) is 14.9 Å². The van der Waals surface area contributed by atoms with Crippen LogP contribution in [-0.2, 0) is 19.6 Å². The number of hydrogen-bond donors (Lipinski definition) is 1. The van der Waals surface area contributed by atoms with Crippen LogP contribution in [0.25, 0.3) is 0 Å². The van der Waals surface area contributed by atoms with Crippen LogP contribution in [0.1, 0.15) is 13.3 Å². The molecule has 1 N–H and O–H groups in total. The van der Waals surface area contributed by atoms with Crippen molar-refractivity contribution in [2.45, 2.75) is 18.2 Å². The predicted octanol–water partition coefficient (Wildman–Crippen LogP) is 0.578. The zero-order valence-corrected chi connectivity index (χ0v) is 16.2. The fourth-order valence-electron chi connectivity index (χ4n) is 2.69. The number of nitro benzene ring substituents is 1. The maximum absolute atomic E-state index is 12.7. The van der Waals surface area contributed by atoms with Gasteiger partial charge in [0.2, 0.25) is 15.9 Å². The third-order valence-electron chi connectivity index (χ3n) is 4.12. The molecule has 1 aromatic rings. The van der Waals surface area contributed by atoms with Gasteiger partial charge in [0, 0.05) is 32.7 Å². The number of amides is 1. The van der Waals surface area contributed by atoms with Crippen LogP contribution < -0.4 is 10.2 Å². The van der Waals surface area contributed by atoms with Crippen LogP contribution >= 0.6 is 0 Å². The lowest BCUT2D eigenvalue weighted by atomic mass is 10.2. The standard InChI is InChI=1S/C16H24N4O6S/c1-3-6-17-16(21)12-18(2)14-5-4-13(11-15(14)20(22)23)27(24,25)19-7-9-26-10-8-19/h4-5,11H,3,6-10,12H2,1-2H3,(H,17,21). The molecule has 1 heterocycles. The fourth-order valence-corrected chi connectivity index (χ4v) is 4.12. The molecular formula is C16H24N4O6S. The summed E-state index contributed by atoms with van der Waals surface area (Å²) in [6, 6.07) is 3.73. The number of anilines is 1. The van der Waals surface area contributed by atoms with E-state index in [4.69, 9.17) is 4.74 Å². The Morgan fingerprint density at radius 3 is 2.63 bits per heavy atom. The van der Waals surface area contributed by atoms with Crippen molar-refractivity contribution in [1.29, 1.82) is 0 Å². The predicted molar refractivity (Wildman–Crippen MR) is 99.2 cm³/mol. The topological polar surface area (TPSA) is 122 Å². The second-order valence-electron chi connectivity index (χ2n) is 6.13. The van der Waals surface area contributed by atoms with Crippen molar-refractivity contribution in [3.63, 3.8) is 0 Å². The molecule has 0 spiro atoms. The highest BCUT2D eigenvalue weighted by Gasteiger charge is 2.29. The van der Waals surface area contributed by atoms with E-state index in [2.05, 4.69) is 5.32 Å². The SMILES string of the molecule is CCCNC(=O)CN(C)c1ccc(S(=O)(=O)N2CCOCC2)cc1[N+](=O)[O-]. The lowest BCUT2D eigenvalue weighted by molar-refractivity contribution is -0.384. The minimum Gasteiger partial charge on any atom is -0.379 e. The van der Waals surface area contributed by atoms with Gasteiger partial charge in [0.05, 0.1) is 29.6 Å². The van der Waals surface area contributed by atoms with E-state index >= 15 is 0 Å². The highest BCUT2D eigenvalue weighted by Crippen LogP contribution is 2.31. The molecule has 1 aliphatic rings. The average Bonchev–Trinajstić information content (AvgIpc) is 2.66. The van der Waals surface area contributed by atoms with E-state index in [1.807, 2.05) is 6.92 Å². The number of ether oxygens (including phenoxy) is 1. The van der Waals surface area contributed by atoms with Crippen molar-refractivity contribution >= 4 is 27.3 Å². The van der Waals surface area contributed by atoms with Crippen molar-refractivity contribution in [3.05, 3.63) is 28.3 Å². The molecular weight excluding hydrogens is 376 g/mol. The van der Waals surface area contributed by atoms with Crippen LogP contribution in [-0.4, -0.2) is 70.0 Å². The van der Waals surface area contributed by atoms with Gasteiger partial charge < -0.3 is 15.0 Å². The van der Waals surface area contributed by atoms with E-state index in [0.29, 0.717) is 6.54 Å². The van der Waals surface area contributed by atoms with Crippen molar-refractivity contribution in [3.8, 4) is 0 Å². The summed E-state index contributed by atoms with van der Waals surface area (Å²) in [4.78, 5) is 24.0. The number of nitrogens with zero attached hydrogens (tertiary/aromatic N) is 3. The first kappa shape index (κ1) is 21.1. The first-order chi connectivity index (χ1) is 12.8. The van der Waals surface area contributed by atoms with Crippen LogP contribution in [0.15, 0.2) is 23.1 Å². The summed E-state index contributed by atoms with van der Waals surface area (Å²) >= 11 is 0. The second kappa shape index (κ2) is 9.11. The summed E-state index contributed by atoms with van der Waals surface area (Å²) in [7, 11) is -2.30. The van der Waals surface area contributed by atoms with Crippen LogP contribution in [0.5, 0.6) is 0 Å². The Balaban J connectivity index is 2.28. The van der Waals surface area contributed by atoms with Crippen molar-refractivity contribution < 1.29 is 22.9 Å². The smallest absolute Gasteiger partial charge is 0.293 e. The van der Waals surface area contributed by atoms with Gasteiger partial charge in [0.1, 0.15) is 5.69 Å². The van der Waals surface area contributed by atoms with Gasteiger partial charge >= 0.3 is 0 Å². The van der Waals surface area contributed by atoms with E-state index in [1.54, 1.807) is 7.05 Å². The number of sulfonamides is 1. The fraction of sp³-hybridized carbons (Fsp3) is 0.562. The largest absolute Gasteiger partial charge is 0.379 e. The molecule has 27 heavy (non-hydrogen) atoms. The van der Waals surface area contributed by atoms with Crippen LogP contribution in [0.4, 0.5) is 11.4 Å². The molecule has 1 aromatic carbocycles. The Bertz CT molecular complexity index is 792. The summed E-state index contributed by atoms with van der Waals surface area (Å²) in [6.45, 7) is 3.35. The Labute approximate surface area is 158 Å². The molecule has 0 aromatic heterocycles. The number of nitrogens with one attached hydrogen (secondary N) is 1. The van der Waals surface area contributed by atoms with Crippen LogP contribution in [0.2, 0.25) is 0 Å². The number of hydrogen-bond acceptors (Lipinski definition) is 7. The van der Waals surface area contributed by atoms with Crippen molar-refractivity contribution in [1.82, 2.24) is 9.62 Å². The lowest BCUT2D eigenvalue weighted by Gasteiger charge is -2.26. The molecule has 0 radical (unpaired) electrons. The second-order valence-corrected chi connectivity index (χ2v) is 8.07. The van der Waals surface area contributed by atoms with Crippen LogP contribution in [0.3, 0.4) is 0 Å². The highest BCUT2D eigenvalue weighted by molar-refractivity contribution is 7.89. The molecule has 0 aliphatic carbocycles. The first-order valence-electron chi connectivity index (χ1n) is 8.61. The quantitative estimate of drug-likeness (QED) is 0.500. The minimum absolute atomic E-state index is 0.0730. The molecule has 2 rings (SSSR count). The van der Waals surface area contributed by atoms with Gasteiger partial charge in [0.15, 0.2) is 0 Å². The number of carbonyl (C=O) groups is 1. The third kappa shape index (κ3) is 5.15. The number of nitro groups is 1. The molecule has 10 nitrogen and oxygen atoms in total. The summed E-state index contributed by atoms with van der Waals surface area (Å²) in [5.41, 5.74) is -0.192. The van der Waals surface area contributed by atoms with E-state index in [1.165, 1.54) is 21.3 Å². The molecule has 150 valence electrons. The molecule has 0 bridgehead atoms. The van der Waals surface area contributed by atoms with E-state index in [0.717, 1.165) is 12.5 Å². The van der Waals surface area contributed by atoms with Gasteiger partial charge in [-0.1, -0.05) is 6.92 Å². The van der Waals surface area contributed by atoms with E-state index < -0.39 is 14.9 Å². The minimum atomic E-state index is -3.84. The third-order valence-corrected chi connectivity index (χ3v) is 6.01. The number of likely N-dealkylation sites (N-methyl/N-ethyl adjacent to an activating group) is 1. The first-order valence-corrected chi connectivity index (χ1v) is 10.1. The van der Waals surface area contributed by atoms with E-state index in [-0.39, 0.29) is 55.0 Å². The summed E-state index contributed by atoms with van der Waals surface area (Å²) in [5, 5.41) is 14.2. The maximum atomic E-state index is 12.7. The maximum Gasteiger partial charge on any atom is 0.293 e. The molecule has 1 fully saturated rings. The number of benzene rings is 1. The monoisotopic (exact) mass is 400 g/mol. The van der Waals surface area contributed by atoms with Gasteiger partial charge in [-0.2, -0.15) is 4.31 Å². The zero-order valence-electron chi connectivity index (χ0n) is 15.4. The summed E-state index contributed by atoms with van der Waals surface area (Å²) in [5.74, 6) is -0.265. The Morgan fingerprint density at radius 2 is 2.04 bits per heavy atom. The highest BCUT2D eigenvalue weighted by atomic mass is 32.2. The Kier molecular flexibility index (Phi) is 7.11. The molecule has 1 saturated heterocycles. The Hall–Kier alpha value is -2.24. The number of morpholine rings is 1. The molecule has 11 heteroatoms.